The van der Waals surface area contributed by atoms with Crippen molar-refractivity contribution in [2.75, 3.05) is 5.32 Å². The Labute approximate surface area is 179 Å². The van der Waals surface area contributed by atoms with Crippen molar-refractivity contribution in [3.63, 3.8) is 0 Å². The first-order valence-corrected chi connectivity index (χ1v) is 11.2. The lowest BCUT2D eigenvalue weighted by atomic mass is 9.89. The molecule has 0 radical (unpaired) electrons. The molecule has 1 aliphatic heterocycles. The number of benzene rings is 3. The number of alkyl halides is 3. The highest BCUT2D eigenvalue weighted by Gasteiger charge is 2.34. The topological polar surface area (TPSA) is 58.2 Å². The molecule has 0 amide bonds. The van der Waals surface area contributed by atoms with E-state index in [-0.39, 0.29) is 4.90 Å². The van der Waals surface area contributed by atoms with Gasteiger partial charge < -0.3 is 5.32 Å². The minimum absolute atomic E-state index is 0.142. The predicted molar refractivity (Wildman–Crippen MR) is 113 cm³/mol. The number of aryl methyl sites for hydroxylation is 1. The number of nitrogens with one attached hydrogen (secondary N) is 2. The van der Waals surface area contributed by atoms with Crippen LogP contribution in [0.5, 0.6) is 0 Å². The molecule has 3 aromatic rings. The Balaban J connectivity index is 1.68. The summed E-state index contributed by atoms with van der Waals surface area (Å²) in [5, 5.41) is 3.30. The summed E-state index contributed by atoms with van der Waals surface area (Å²) in [5.41, 5.74) is 2.53. The van der Waals surface area contributed by atoms with Crippen LogP contribution in [0.4, 0.5) is 18.9 Å². The maximum absolute atomic E-state index is 13.0. The highest BCUT2D eigenvalue weighted by atomic mass is 32.2. The Morgan fingerprint density at radius 2 is 1.58 bits per heavy atom. The van der Waals surface area contributed by atoms with E-state index in [2.05, 4.69) is 10.0 Å². The van der Waals surface area contributed by atoms with E-state index in [0.29, 0.717) is 12.0 Å². The monoisotopic (exact) mass is 446 g/mol. The normalized spacial score (nSPS) is 18.8. The summed E-state index contributed by atoms with van der Waals surface area (Å²) in [6, 6.07) is 17.7. The minimum atomic E-state index is -4.43. The molecule has 0 aromatic heterocycles. The van der Waals surface area contributed by atoms with Gasteiger partial charge in [-0.3, -0.25) is 0 Å². The van der Waals surface area contributed by atoms with Gasteiger partial charge >= 0.3 is 6.18 Å². The predicted octanol–water partition coefficient (Wildman–Crippen LogP) is 5.07. The van der Waals surface area contributed by atoms with Gasteiger partial charge in [-0.05, 0) is 54.8 Å². The van der Waals surface area contributed by atoms with Crippen molar-refractivity contribution in [3.8, 4) is 0 Å². The quantitative estimate of drug-likeness (QED) is 0.588. The minimum Gasteiger partial charge on any atom is -0.376 e. The molecule has 0 aliphatic carbocycles. The second-order valence-corrected chi connectivity index (χ2v) is 9.36. The van der Waals surface area contributed by atoms with Crippen LogP contribution < -0.4 is 10.0 Å². The number of fused-ring (bicyclic) bond motifs is 1. The molecule has 31 heavy (non-hydrogen) atoms. The maximum Gasteiger partial charge on any atom is 0.416 e. The number of sulfonamides is 1. The molecule has 0 bridgehead atoms. The molecule has 0 saturated carbocycles. The fourth-order valence-corrected chi connectivity index (χ4v) is 5.00. The van der Waals surface area contributed by atoms with E-state index in [1.165, 1.54) is 24.3 Å². The van der Waals surface area contributed by atoms with Gasteiger partial charge in [-0.2, -0.15) is 13.2 Å². The van der Waals surface area contributed by atoms with E-state index < -0.39 is 33.8 Å². The Kier molecular flexibility index (Phi) is 5.53. The summed E-state index contributed by atoms with van der Waals surface area (Å²) in [5.74, 6) is 0. The van der Waals surface area contributed by atoms with Gasteiger partial charge in [0, 0.05) is 5.69 Å². The highest BCUT2D eigenvalue weighted by molar-refractivity contribution is 7.89. The first-order valence-electron chi connectivity index (χ1n) is 9.74. The van der Waals surface area contributed by atoms with Crippen LogP contribution in [-0.4, -0.2) is 14.5 Å². The summed E-state index contributed by atoms with van der Waals surface area (Å²) in [4.78, 5) is 0.142. The number of para-hydroxylation sites is 1. The van der Waals surface area contributed by atoms with Gasteiger partial charge in [0.2, 0.25) is 10.0 Å². The van der Waals surface area contributed by atoms with Gasteiger partial charge in [-0.25, -0.2) is 13.1 Å². The summed E-state index contributed by atoms with van der Waals surface area (Å²) >= 11 is 0. The molecule has 4 nitrogen and oxygen atoms in total. The van der Waals surface area contributed by atoms with Crippen molar-refractivity contribution in [2.24, 2.45) is 0 Å². The van der Waals surface area contributed by atoms with E-state index in [9.17, 15) is 21.6 Å². The fraction of sp³-hybridized carbons (Fsp3) is 0.217. The van der Waals surface area contributed by atoms with Crippen molar-refractivity contribution in [1.82, 2.24) is 4.72 Å². The van der Waals surface area contributed by atoms with E-state index >= 15 is 0 Å². The molecule has 162 valence electrons. The van der Waals surface area contributed by atoms with E-state index in [1.807, 2.05) is 31.2 Å². The SMILES string of the molecule is Cc1ccc(S(=O)(=O)N[C@H]2Cc3ccccc3N[C@H]2c2ccc(C(F)(F)F)cc2)cc1. The zero-order valence-electron chi connectivity index (χ0n) is 16.6. The third-order valence-corrected chi connectivity index (χ3v) is 6.91. The van der Waals surface area contributed by atoms with Crippen molar-refractivity contribution >= 4 is 15.7 Å². The average molecular weight is 446 g/mol. The van der Waals surface area contributed by atoms with Crippen LogP contribution in [0.2, 0.25) is 0 Å². The average Bonchev–Trinajstić information content (AvgIpc) is 2.73. The highest BCUT2D eigenvalue weighted by Crippen LogP contribution is 2.35. The third kappa shape index (κ3) is 4.60. The zero-order chi connectivity index (χ0) is 22.2. The van der Waals surface area contributed by atoms with E-state index in [0.717, 1.165) is 28.9 Å². The third-order valence-electron chi connectivity index (χ3n) is 5.41. The summed E-state index contributed by atoms with van der Waals surface area (Å²) in [7, 11) is -3.82. The van der Waals surface area contributed by atoms with Gasteiger partial charge in [0.05, 0.1) is 22.5 Å². The molecule has 0 saturated heterocycles. The van der Waals surface area contributed by atoms with Crippen LogP contribution in [-0.2, 0) is 22.6 Å². The molecule has 3 aromatic carbocycles. The van der Waals surface area contributed by atoms with Gasteiger partial charge in [-0.15, -0.1) is 0 Å². The Bertz CT molecular complexity index is 1170. The van der Waals surface area contributed by atoms with Crippen LogP contribution in [0.3, 0.4) is 0 Å². The molecule has 1 aliphatic rings. The Morgan fingerprint density at radius 3 is 2.23 bits per heavy atom. The molecule has 8 heteroatoms. The molecule has 1 heterocycles. The molecular weight excluding hydrogens is 425 g/mol. The number of anilines is 1. The smallest absolute Gasteiger partial charge is 0.376 e. The molecule has 2 N–H and O–H groups in total. The lowest BCUT2D eigenvalue weighted by Gasteiger charge is -2.35. The molecule has 4 rings (SSSR count). The van der Waals surface area contributed by atoms with Gasteiger partial charge in [0.25, 0.3) is 0 Å². The molecule has 2 atom stereocenters. The van der Waals surface area contributed by atoms with Crippen molar-refractivity contribution in [1.29, 1.82) is 0 Å². The summed E-state index contributed by atoms with van der Waals surface area (Å²) < 4.78 is 67.7. The molecule has 0 unspecified atom stereocenters. The van der Waals surface area contributed by atoms with Crippen LogP contribution in [0.15, 0.2) is 77.7 Å². The second kappa shape index (κ2) is 8.01. The number of hydrogen-bond donors (Lipinski definition) is 2. The first-order chi connectivity index (χ1) is 14.6. The van der Waals surface area contributed by atoms with E-state index in [1.54, 1.807) is 12.1 Å². The standard InChI is InChI=1S/C23H21F3N2O2S/c1-15-6-12-19(13-7-15)31(29,30)28-21-14-17-4-2-3-5-20(17)27-22(21)16-8-10-18(11-9-16)23(24,25)26/h2-13,21-22,27-28H,14H2,1H3/t21-,22-/m0/s1. The van der Waals surface area contributed by atoms with Crippen LogP contribution >= 0.6 is 0 Å². The molecular formula is C23H21F3N2O2S. The van der Waals surface area contributed by atoms with Crippen LogP contribution in [0.25, 0.3) is 0 Å². The Morgan fingerprint density at radius 1 is 0.935 bits per heavy atom. The number of halogens is 3. The van der Waals surface area contributed by atoms with Crippen LogP contribution in [0, 0.1) is 6.92 Å². The molecule has 0 fully saturated rings. The number of rotatable bonds is 4. The summed E-state index contributed by atoms with van der Waals surface area (Å²) in [6.45, 7) is 1.87. The van der Waals surface area contributed by atoms with Crippen molar-refractivity contribution in [3.05, 3.63) is 95.1 Å². The lowest BCUT2D eigenvalue weighted by Crippen LogP contribution is -2.45. The van der Waals surface area contributed by atoms with Gasteiger partial charge in [-0.1, -0.05) is 48.0 Å². The zero-order valence-corrected chi connectivity index (χ0v) is 17.5. The van der Waals surface area contributed by atoms with Crippen LogP contribution in [0.1, 0.15) is 28.3 Å². The van der Waals surface area contributed by atoms with E-state index in [4.69, 9.17) is 0 Å². The second-order valence-electron chi connectivity index (χ2n) is 7.64. The first kappa shape index (κ1) is 21.4. The fourth-order valence-electron chi connectivity index (χ4n) is 3.75. The Hall–Kier alpha value is -2.84. The largest absolute Gasteiger partial charge is 0.416 e. The lowest BCUT2D eigenvalue weighted by molar-refractivity contribution is -0.137. The molecule has 0 spiro atoms. The summed E-state index contributed by atoms with van der Waals surface area (Å²) in [6.07, 6.45) is -4.03. The van der Waals surface area contributed by atoms with Gasteiger partial charge in [0.15, 0.2) is 0 Å². The van der Waals surface area contributed by atoms with Crippen molar-refractivity contribution < 1.29 is 21.6 Å². The van der Waals surface area contributed by atoms with Gasteiger partial charge in [0.1, 0.15) is 0 Å². The number of hydrogen-bond acceptors (Lipinski definition) is 3. The maximum atomic E-state index is 13.0. The van der Waals surface area contributed by atoms with Crippen molar-refractivity contribution in [2.45, 2.75) is 36.5 Å².